The van der Waals surface area contributed by atoms with Crippen molar-refractivity contribution in [2.45, 2.75) is 0 Å². The Bertz CT molecular complexity index is 2550. The summed E-state index contributed by atoms with van der Waals surface area (Å²) in [6.45, 7) is 0. The lowest BCUT2D eigenvalue weighted by molar-refractivity contribution is 0.669. The van der Waals surface area contributed by atoms with Crippen molar-refractivity contribution >= 4 is 32.7 Å². The van der Waals surface area contributed by atoms with E-state index >= 15 is 0 Å². The van der Waals surface area contributed by atoms with Gasteiger partial charge in [-0.25, -0.2) is 15.0 Å². The molecule has 2 heterocycles. The van der Waals surface area contributed by atoms with Gasteiger partial charge in [-0.1, -0.05) is 140 Å². The number of furan rings is 1. The van der Waals surface area contributed by atoms with Crippen molar-refractivity contribution in [2.24, 2.45) is 0 Å². The minimum absolute atomic E-state index is 0.600. The third-order valence-corrected chi connectivity index (χ3v) is 8.75. The quantitative estimate of drug-likeness (QED) is 0.197. The second-order valence-corrected chi connectivity index (χ2v) is 11.7. The van der Waals surface area contributed by atoms with Gasteiger partial charge in [0.25, 0.3) is 0 Å². The Hall–Kier alpha value is -6.39. The van der Waals surface area contributed by atoms with Crippen LogP contribution < -0.4 is 0 Å². The molecule has 7 aromatic carbocycles. The smallest absolute Gasteiger partial charge is 0.164 e. The van der Waals surface area contributed by atoms with Crippen molar-refractivity contribution in [2.75, 3.05) is 0 Å². The van der Waals surface area contributed by atoms with Crippen molar-refractivity contribution in [3.63, 3.8) is 0 Å². The molecule has 0 fully saturated rings. The summed E-state index contributed by atoms with van der Waals surface area (Å²) < 4.78 is 6.40. The summed E-state index contributed by atoms with van der Waals surface area (Å²) in [7, 11) is 0. The van der Waals surface area contributed by atoms with E-state index in [2.05, 4.69) is 109 Å². The predicted octanol–water partition coefficient (Wildman–Crippen LogP) is 11.3. The van der Waals surface area contributed by atoms with Gasteiger partial charge in [0, 0.05) is 27.5 Å². The lowest BCUT2D eigenvalue weighted by Crippen LogP contribution is -2.00. The molecule has 47 heavy (non-hydrogen) atoms. The fraction of sp³-hybridized carbons (Fsp3) is 0. The van der Waals surface area contributed by atoms with Crippen LogP contribution >= 0.6 is 0 Å². The first-order valence-corrected chi connectivity index (χ1v) is 15.7. The summed E-state index contributed by atoms with van der Waals surface area (Å²) in [6.07, 6.45) is 0. The van der Waals surface area contributed by atoms with Crippen LogP contribution in [-0.4, -0.2) is 15.0 Å². The molecule has 0 spiro atoms. The SMILES string of the molecule is c1ccc(-c2ccc(-c3ccc4oc5cc(-c6nc(-c7ccccc7)nc(-c7cccc8ccccc78)n6)ccc5c4c3)cc2)cc1. The Kier molecular flexibility index (Phi) is 6.43. The van der Waals surface area contributed by atoms with Gasteiger partial charge in [0.1, 0.15) is 11.2 Å². The van der Waals surface area contributed by atoms with E-state index in [1.807, 2.05) is 54.6 Å². The zero-order valence-electron chi connectivity index (χ0n) is 25.3. The highest BCUT2D eigenvalue weighted by atomic mass is 16.3. The Balaban J connectivity index is 1.13. The van der Waals surface area contributed by atoms with Crippen LogP contribution in [0.4, 0.5) is 0 Å². The zero-order valence-corrected chi connectivity index (χ0v) is 25.3. The van der Waals surface area contributed by atoms with Gasteiger partial charge in [-0.2, -0.15) is 0 Å². The van der Waals surface area contributed by atoms with Crippen molar-refractivity contribution in [1.29, 1.82) is 0 Å². The maximum absolute atomic E-state index is 6.40. The van der Waals surface area contributed by atoms with Crippen molar-refractivity contribution in [3.8, 4) is 56.4 Å². The molecule has 2 aromatic heterocycles. The minimum atomic E-state index is 0.600. The number of rotatable bonds is 5. The second kappa shape index (κ2) is 11.2. The van der Waals surface area contributed by atoms with Crippen LogP contribution in [0.15, 0.2) is 168 Å². The van der Waals surface area contributed by atoms with Gasteiger partial charge in [-0.05, 0) is 57.3 Å². The van der Waals surface area contributed by atoms with E-state index in [1.54, 1.807) is 0 Å². The Morgan fingerprint density at radius 2 is 0.894 bits per heavy atom. The number of hydrogen-bond donors (Lipinski definition) is 0. The molecule has 0 amide bonds. The summed E-state index contributed by atoms with van der Waals surface area (Å²) in [5, 5.41) is 4.37. The monoisotopic (exact) mass is 601 g/mol. The van der Waals surface area contributed by atoms with Gasteiger partial charge in [0.05, 0.1) is 0 Å². The largest absolute Gasteiger partial charge is 0.456 e. The van der Waals surface area contributed by atoms with E-state index in [0.29, 0.717) is 17.5 Å². The maximum Gasteiger partial charge on any atom is 0.164 e. The van der Waals surface area contributed by atoms with E-state index in [4.69, 9.17) is 19.4 Å². The van der Waals surface area contributed by atoms with Crippen molar-refractivity contribution in [1.82, 2.24) is 15.0 Å². The first kappa shape index (κ1) is 27.0. The molecule has 0 saturated heterocycles. The van der Waals surface area contributed by atoms with E-state index in [1.165, 1.54) is 11.1 Å². The molecule has 0 saturated carbocycles. The Morgan fingerprint density at radius 1 is 0.319 bits per heavy atom. The summed E-state index contributed by atoms with van der Waals surface area (Å²) in [4.78, 5) is 15.0. The highest BCUT2D eigenvalue weighted by Crippen LogP contribution is 2.36. The predicted molar refractivity (Wildman–Crippen MR) is 192 cm³/mol. The van der Waals surface area contributed by atoms with E-state index in [0.717, 1.165) is 60.5 Å². The lowest BCUT2D eigenvalue weighted by atomic mass is 9.99. The number of fused-ring (bicyclic) bond motifs is 4. The molecule has 4 nitrogen and oxygen atoms in total. The fourth-order valence-corrected chi connectivity index (χ4v) is 6.34. The van der Waals surface area contributed by atoms with E-state index < -0.39 is 0 Å². The molecule has 0 unspecified atom stereocenters. The molecule has 0 aliphatic heterocycles. The maximum atomic E-state index is 6.40. The van der Waals surface area contributed by atoms with Gasteiger partial charge in [0.15, 0.2) is 17.5 Å². The molecular weight excluding hydrogens is 574 g/mol. The molecule has 0 aliphatic rings. The van der Waals surface area contributed by atoms with Crippen LogP contribution in [0.2, 0.25) is 0 Å². The molecule has 0 atom stereocenters. The molecule has 0 radical (unpaired) electrons. The van der Waals surface area contributed by atoms with Gasteiger partial charge in [-0.3, -0.25) is 0 Å². The second-order valence-electron chi connectivity index (χ2n) is 11.7. The highest BCUT2D eigenvalue weighted by molar-refractivity contribution is 6.07. The molecule has 9 aromatic rings. The molecule has 4 heteroatoms. The summed E-state index contributed by atoms with van der Waals surface area (Å²) >= 11 is 0. The average Bonchev–Trinajstić information content (AvgIpc) is 3.52. The van der Waals surface area contributed by atoms with Crippen molar-refractivity contribution in [3.05, 3.63) is 164 Å². The van der Waals surface area contributed by atoms with Crippen LogP contribution in [0.5, 0.6) is 0 Å². The molecule has 9 rings (SSSR count). The van der Waals surface area contributed by atoms with Crippen LogP contribution in [0, 0.1) is 0 Å². The molecular formula is C43H27N3O. The number of benzene rings is 7. The standard InChI is InChI=1S/C43H27N3O/c1-3-10-28(11-4-1)29-18-20-30(21-19-29)33-23-25-39-38(26-33)36-24-22-34(27-40(36)47-39)42-44-41(32-13-5-2-6-14-32)45-43(46-42)37-17-9-15-31-12-7-8-16-35(31)37/h1-27H. The normalized spacial score (nSPS) is 11.4. The summed E-state index contributed by atoms with van der Waals surface area (Å²) in [5.41, 5.74) is 9.14. The highest BCUT2D eigenvalue weighted by Gasteiger charge is 2.16. The molecule has 0 aliphatic carbocycles. The van der Waals surface area contributed by atoms with Crippen LogP contribution in [0.1, 0.15) is 0 Å². The fourth-order valence-electron chi connectivity index (χ4n) is 6.34. The van der Waals surface area contributed by atoms with Gasteiger partial charge in [-0.15, -0.1) is 0 Å². The van der Waals surface area contributed by atoms with Gasteiger partial charge < -0.3 is 4.42 Å². The first-order valence-electron chi connectivity index (χ1n) is 15.7. The molecule has 220 valence electrons. The van der Waals surface area contributed by atoms with Crippen LogP contribution in [0.3, 0.4) is 0 Å². The summed E-state index contributed by atoms with van der Waals surface area (Å²) in [5.74, 6) is 1.87. The third-order valence-electron chi connectivity index (χ3n) is 8.75. The van der Waals surface area contributed by atoms with E-state index in [-0.39, 0.29) is 0 Å². The number of aromatic nitrogens is 3. The summed E-state index contributed by atoms with van der Waals surface area (Å²) in [6, 6.07) is 56.4. The topological polar surface area (TPSA) is 51.8 Å². The molecule has 0 N–H and O–H groups in total. The minimum Gasteiger partial charge on any atom is -0.456 e. The number of nitrogens with zero attached hydrogens (tertiary/aromatic N) is 3. The average molecular weight is 602 g/mol. The van der Waals surface area contributed by atoms with Gasteiger partial charge >= 0.3 is 0 Å². The van der Waals surface area contributed by atoms with Crippen molar-refractivity contribution < 1.29 is 4.42 Å². The number of hydrogen-bond acceptors (Lipinski definition) is 4. The zero-order chi connectivity index (χ0) is 31.2. The Labute approximate surface area is 271 Å². The Morgan fingerprint density at radius 3 is 1.68 bits per heavy atom. The van der Waals surface area contributed by atoms with Crippen LogP contribution in [-0.2, 0) is 0 Å². The first-order chi connectivity index (χ1) is 23.3. The lowest BCUT2D eigenvalue weighted by Gasteiger charge is -2.10. The van der Waals surface area contributed by atoms with E-state index in [9.17, 15) is 0 Å². The van der Waals surface area contributed by atoms with Crippen LogP contribution in [0.25, 0.3) is 89.1 Å². The third kappa shape index (κ3) is 4.93. The molecule has 0 bridgehead atoms. The van der Waals surface area contributed by atoms with Gasteiger partial charge in [0.2, 0.25) is 0 Å².